The molecular weight excluding hydrogens is 324 g/mol. The molecule has 6 heteroatoms. The fraction of sp³-hybridized carbons (Fsp3) is 0.611. The third-order valence-corrected chi connectivity index (χ3v) is 6.21. The van der Waals surface area contributed by atoms with Gasteiger partial charge in [0.2, 0.25) is 15.9 Å². The number of aryl methyl sites for hydroxylation is 1. The minimum absolute atomic E-state index is 0.0202. The molecule has 1 aromatic rings. The number of carbonyl (C=O) groups excluding carboxylic acids is 1. The minimum Gasteiger partial charge on any atom is -0.351 e. The second-order valence-electron chi connectivity index (χ2n) is 7.42. The van der Waals surface area contributed by atoms with Gasteiger partial charge in [0.15, 0.2) is 0 Å². The zero-order valence-electron chi connectivity index (χ0n) is 15.0. The van der Waals surface area contributed by atoms with Gasteiger partial charge in [0.25, 0.3) is 0 Å². The van der Waals surface area contributed by atoms with Crippen molar-refractivity contribution in [2.75, 3.05) is 13.1 Å². The van der Waals surface area contributed by atoms with Crippen molar-refractivity contribution in [1.82, 2.24) is 9.62 Å². The molecule has 1 N–H and O–H groups in total. The van der Waals surface area contributed by atoms with E-state index < -0.39 is 10.0 Å². The predicted molar refractivity (Wildman–Crippen MR) is 95.2 cm³/mol. The molecule has 0 unspecified atom stereocenters. The topological polar surface area (TPSA) is 66.5 Å². The number of amides is 1. The van der Waals surface area contributed by atoms with E-state index in [9.17, 15) is 13.2 Å². The summed E-state index contributed by atoms with van der Waals surface area (Å²) in [6.45, 7) is 8.66. The molecule has 1 heterocycles. The Labute approximate surface area is 145 Å². The lowest BCUT2D eigenvalue weighted by Crippen LogP contribution is -2.47. The molecule has 0 aliphatic carbocycles. The van der Waals surface area contributed by atoms with E-state index in [0.29, 0.717) is 30.8 Å². The van der Waals surface area contributed by atoms with Crippen LogP contribution in [-0.2, 0) is 21.2 Å². The maximum absolute atomic E-state index is 12.7. The van der Waals surface area contributed by atoms with Crippen LogP contribution in [0.3, 0.4) is 0 Å². The van der Waals surface area contributed by atoms with Crippen molar-refractivity contribution in [3.8, 4) is 0 Å². The Bertz CT molecular complexity index is 667. The number of rotatable bonds is 4. The average molecular weight is 353 g/mol. The van der Waals surface area contributed by atoms with Crippen LogP contribution in [0.25, 0.3) is 0 Å². The predicted octanol–water partition coefficient (Wildman–Crippen LogP) is 2.56. The van der Waals surface area contributed by atoms with Crippen molar-refractivity contribution in [3.05, 3.63) is 29.8 Å². The number of piperidine rings is 1. The quantitative estimate of drug-likeness (QED) is 0.906. The number of nitrogens with one attached hydrogen (secondary N) is 1. The van der Waals surface area contributed by atoms with Gasteiger partial charge in [-0.2, -0.15) is 4.31 Å². The lowest BCUT2D eigenvalue weighted by Gasteiger charge is -2.32. The molecule has 1 aromatic carbocycles. The molecule has 134 valence electrons. The minimum atomic E-state index is -3.47. The van der Waals surface area contributed by atoms with Crippen LogP contribution in [0, 0.1) is 5.92 Å². The first-order valence-electron chi connectivity index (χ1n) is 8.54. The van der Waals surface area contributed by atoms with Crippen LogP contribution in [-0.4, -0.2) is 37.3 Å². The summed E-state index contributed by atoms with van der Waals surface area (Å²) in [7, 11) is -3.47. The molecule has 0 aromatic heterocycles. The van der Waals surface area contributed by atoms with Gasteiger partial charge in [-0.25, -0.2) is 8.42 Å². The van der Waals surface area contributed by atoms with E-state index >= 15 is 0 Å². The van der Waals surface area contributed by atoms with Gasteiger partial charge in [-0.3, -0.25) is 4.79 Å². The summed E-state index contributed by atoms with van der Waals surface area (Å²) in [4.78, 5) is 12.6. The van der Waals surface area contributed by atoms with Crippen molar-refractivity contribution in [3.63, 3.8) is 0 Å². The van der Waals surface area contributed by atoms with Crippen molar-refractivity contribution in [2.45, 2.75) is 57.4 Å². The summed E-state index contributed by atoms with van der Waals surface area (Å²) < 4.78 is 26.9. The van der Waals surface area contributed by atoms with Gasteiger partial charge in [0.1, 0.15) is 0 Å². The van der Waals surface area contributed by atoms with Crippen LogP contribution in [0.5, 0.6) is 0 Å². The van der Waals surface area contributed by atoms with E-state index in [0.717, 1.165) is 12.0 Å². The number of hydrogen-bond acceptors (Lipinski definition) is 3. The van der Waals surface area contributed by atoms with E-state index in [1.165, 1.54) is 4.31 Å². The lowest BCUT2D eigenvalue weighted by atomic mass is 9.96. The van der Waals surface area contributed by atoms with E-state index in [-0.39, 0.29) is 17.4 Å². The van der Waals surface area contributed by atoms with Crippen LogP contribution in [0.2, 0.25) is 0 Å². The summed E-state index contributed by atoms with van der Waals surface area (Å²) in [5.41, 5.74) is 0.855. The van der Waals surface area contributed by atoms with E-state index in [1.54, 1.807) is 12.1 Å². The highest BCUT2D eigenvalue weighted by Gasteiger charge is 2.32. The normalized spacial score (nSPS) is 17.7. The Morgan fingerprint density at radius 3 is 2.17 bits per heavy atom. The van der Waals surface area contributed by atoms with Gasteiger partial charge >= 0.3 is 0 Å². The molecule has 2 rings (SSSR count). The van der Waals surface area contributed by atoms with Crippen LogP contribution in [0.4, 0.5) is 0 Å². The molecule has 5 nitrogen and oxygen atoms in total. The highest BCUT2D eigenvalue weighted by Crippen LogP contribution is 2.24. The van der Waals surface area contributed by atoms with Gasteiger partial charge in [-0.1, -0.05) is 19.1 Å². The molecule has 1 aliphatic rings. The molecule has 0 saturated carbocycles. The highest BCUT2D eigenvalue weighted by molar-refractivity contribution is 7.89. The summed E-state index contributed by atoms with van der Waals surface area (Å²) in [6, 6.07) is 7.06. The van der Waals surface area contributed by atoms with Crippen LogP contribution in [0.1, 0.15) is 46.1 Å². The molecule has 24 heavy (non-hydrogen) atoms. The number of carbonyl (C=O) groups is 1. The van der Waals surface area contributed by atoms with Crippen LogP contribution < -0.4 is 5.32 Å². The molecule has 0 atom stereocenters. The maximum Gasteiger partial charge on any atom is 0.243 e. The van der Waals surface area contributed by atoms with E-state index in [4.69, 9.17) is 0 Å². The molecular formula is C18H28N2O3S. The fourth-order valence-corrected chi connectivity index (χ4v) is 4.35. The Hall–Kier alpha value is -1.40. The van der Waals surface area contributed by atoms with Gasteiger partial charge in [-0.05, 0) is 57.7 Å². The standard InChI is InChI=1S/C18H28N2O3S/c1-5-14-6-8-16(9-7-14)24(22,23)20-12-10-15(11-13-20)17(21)19-18(2,3)4/h6-9,15H,5,10-13H2,1-4H3,(H,19,21). The third-order valence-electron chi connectivity index (χ3n) is 4.29. The monoisotopic (exact) mass is 352 g/mol. The van der Waals surface area contributed by atoms with E-state index in [1.807, 2.05) is 39.8 Å². The first-order chi connectivity index (χ1) is 11.1. The van der Waals surface area contributed by atoms with Crippen LogP contribution >= 0.6 is 0 Å². The Morgan fingerprint density at radius 2 is 1.71 bits per heavy atom. The molecule has 0 radical (unpaired) electrons. The number of benzene rings is 1. The van der Waals surface area contributed by atoms with E-state index in [2.05, 4.69) is 5.32 Å². The molecule has 1 saturated heterocycles. The highest BCUT2D eigenvalue weighted by atomic mass is 32.2. The molecule has 1 aliphatic heterocycles. The molecule has 0 spiro atoms. The smallest absolute Gasteiger partial charge is 0.243 e. The second-order valence-corrected chi connectivity index (χ2v) is 9.35. The SMILES string of the molecule is CCc1ccc(S(=O)(=O)N2CCC(C(=O)NC(C)(C)C)CC2)cc1. The summed E-state index contributed by atoms with van der Waals surface area (Å²) in [6.07, 6.45) is 2.01. The van der Waals surface area contributed by atoms with Gasteiger partial charge in [-0.15, -0.1) is 0 Å². The first-order valence-corrected chi connectivity index (χ1v) is 9.98. The van der Waals surface area contributed by atoms with Crippen molar-refractivity contribution in [2.24, 2.45) is 5.92 Å². The molecule has 0 bridgehead atoms. The van der Waals surface area contributed by atoms with Gasteiger partial charge in [0, 0.05) is 24.5 Å². The molecule has 1 fully saturated rings. The van der Waals surface area contributed by atoms with Crippen LogP contribution in [0.15, 0.2) is 29.2 Å². The third kappa shape index (κ3) is 4.57. The van der Waals surface area contributed by atoms with Crippen molar-refractivity contribution < 1.29 is 13.2 Å². The van der Waals surface area contributed by atoms with Gasteiger partial charge < -0.3 is 5.32 Å². The van der Waals surface area contributed by atoms with Crippen molar-refractivity contribution >= 4 is 15.9 Å². The Balaban J connectivity index is 2.01. The first kappa shape index (κ1) is 18.9. The zero-order valence-corrected chi connectivity index (χ0v) is 15.8. The molecule has 1 amide bonds. The summed E-state index contributed by atoms with van der Waals surface area (Å²) in [5.74, 6) is -0.0926. The summed E-state index contributed by atoms with van der Waals surface area (Å²) in [5, 5.41) is 2.98. The Kier molecular flexibility index (Phi) is 5.71. The second kappa shape index (κ2) is 7.23. The number of hydrogen-bond donors (Lipinski definition) is 1. The number of nitrogens with zero attached hydrogens (tertiary/aromatic N) is 1. The number of sulfonamides is 1. The lowest BCUT2D eigenvalue weighted by molar-refractivity contribution is -0.127. The Morgan fingerprint density at radius 1 is 1.17 bits per heavy atom. The summed E-state index contributed by atoms with van der Waals surface area (Å²) >= 11 is 0. The average Bonchev–Trinajstić information content (AvgIpc) is 2.53. The fourth-order valence-electron chi connectivity index (χ4n) is 2.88. The van der Waals surface area contributed by atoms with Crippen molar-refractivity contribution in [1.29, 1.82) is 0 Å². The largest absolute Gasteiger partial charge is 0.351 e. The maximum atomic E-state index is 12.7. The van der Waals surface area contributed by atoms with Gasteiger partial charge in [0.05, 0.1) is 4.90 Å². The zero-order chi connectivity index (χ0) is 18.0.